The number of fused-ring (bicyclic) bond motifs is 1. The van der Waals surface area contributed by atoms with Gasteiger partial charge >= 0.3 is 0 Å². The molecule has 156 valence electrons. The first-order valence-corrected chi connectivity index (χ1v) is 9.41. The van der Waals surface area contributed by atoms with Crippen molar-refractivity contribution in [3.63, 3.8) is 0 Å². The molecule has 0 spiro atoms. The van der Waals surface area contributed by atoms with Crippen LogP contribution in [-0.2, 0) is 0 Å². The van der Waals surface area contributed by atoms with Gasteiger partial charge in [0.25, 0.3) is 5.91 Å². The van der Waals surface area contributed by atoms with E-state index in [1.165, 1.54) is 18.3 Å². The number of carbonyl (C=O) groups is 1. The fraction of sp³-hybridized carbons (Fsp3) is 0.238. The summed E-state index contributed by atoms with van der Waals surface area (Å²) in [5.41, 5.74) is 6.29. The lowest BCUT2D eigenvalue weighted by Gasteiger charge is -2.34. The number of carbonyl (C=O) groups excluding carboxylic acids is 1. The number of likely N-dealkylation sites (N-methyl/N-ethyl adjacent to an activating group) is 1. The molecule has 2 heterocycles. The molecule has 1 amide bonds. The summed E-state index contributed by atoms with van der Waals surface area (Å²) in [4.78, 5) is 20.2. The molecule has 1 aliphatic rings. The zero-order valence-corrected chi connectivity index (χ0v) is 16.3. The number of nitrogens with zero attached hydrogens (tertiary/aromatic N) is 3. The van der Waals surface area contributed by atoms with Gasteiger partial charge in [-0.05, 0) is 25.2 Å². The number of nitrogens with one attached hydrogen (secondary N) is 1. The third kappa shape index (κ3) is 3.76. The number of nitrogens with two attached hydrogens (primary N) is 1. The number of rotatable bonds is 4. The highest BCUT2D eigenvalue weighted by Crippen LogP contribution is 2.34. The van der Waals surface area contributed by atoms with E-state index in [1.807, 2.05) is 11.9 Å². The molecule has 30 heavy (non-hydrogen) atoms. The molecule has 0 unspecified atom stereocenters. The second-order valence-corrected chi connectivity index (χ2v) is 7.27. The number of amides is 1. The van der Waals surface area contributed by atoms with Crippen LogP contribution in [0.25, 0.3) is 10.9 Å². The number of halogens is 3. The normalized spacial score (nSPS) is 14.9. The second-order valence-electron chi connectivity index (χ2n) is 7.27. The van der Waals surface area contributed by atoms with E-state index in [9.17, 15) is 18.0 Å². The van der Waals surface area contributed by atoms with Gasteiger partial charge in [0.15, 0.2) is 0 Å². The van der Waals surface area contributed by atoms with E-state index in [4.69, 9.17) is 5.73 Å². The maximum absolute atomic E-state index is 14.8. The van der Waals surface area contributed by atoms with Gasteiger partial charge in [-0.1, -0.05) is 0 Å². The number of anilines is 3. The van der Waals surface area contributed by atoms with Crippen LogP contribution in [0.4, 0.5) is 30.2 Å². The fourth-order valence-electron chi connectivity index (χ4n) is 3.54. The van der Waals surface area contributed by atoms with Crippen molar-refractivity contribution < 1.29 is 18.0 Å². The molecule has 1 aliphatic heterocycles. The van der Waals surface area contributed by atoms with Crippen LogP contribution in [0.15, 0.2) is 36.5 Å². The van der Waals surface area contributed by atoms with Crippen molar-refractivity contribution in [2.24, 2.45) is 5.73 Å². The third-order valence-corrected chi connectivity index (χ3v) is 5.24. The summed E-state index contributed by atoms with van der Waals surface area (Å²) < 4.78 is 42.3. The van der Waals surface area contributed by atoms with Crippen molar-refractivity contribution in [2.45, 2.75) is 0 Å². The lowest BCUT2D eigenvalue weighted by Crippen LogP contribution is -2.44. The Hall–Kier alpha value is -3.33. The van der Waals surface area contributed by atoms with E-state index in [0.29, 0.717) is 24.2 Å². The maximum atomic E-state index is 14.8. The van der Waals surface area contributed by atoms with Crippen molar-refractivity contribution in [3.05, 3.63) is 59.5 Å². The molecule has 6 nitrogen and oxygen atoms in total. The van der Waals surface area contributed by atoms with Crippen LogP contribution in [0.3, 0.4) is 0 Å². The zero-order chi connectivity index (χ0) is 21.4. The smallest absolute Gasteiger partial charge is 0.252 e. The van der Waals surface area contributed by atoms with E-state index in [2.05, 4.69) is 15.2 Å². The third-order valence-electron chi connectivity index (χ3n) is 5.24. The summed E-state index contributed by atoms with van der Waals surface area (Å²) >= 11 is 0. The van der Waals surface area contributed by atoms with Crippen LogP contribution in [0.5, 0.6) is 0 Å². The Morgan fingerprint density at radius 1 is 1.07 bits per heavy atom. The molecule has 0 bridgehead atoms. The highest BCUT2D eigenvalue weighted by atomic mass is 19.1. The standard InChI is InChI=1S/C21H20F3N5O/c1-28-4-6-29(7-5-28)19-9-13-18(10-16(19)24)26-11-14(21(25)30)20(13)27-17-3-2-12(22)8-15(17)23/h2-3,8-11H,4-7H2,1H3,(H2,25,30)(H,26,27). The Morgan fingerprint density at radius 3 is 2.47 bits per heavy atom. The average molecular weight is 415 g/mol. The van der Waals surface area contributed by atoms with E-state index in [1.54, 1.807) is 6.07 Å². The number of hydrogen-bond donors (Lipinski definition) is 2. The van der Waals surface area contributed by atoms with Crippen molar-refractivity contribution in [1.82, 2.24) is 9.88 Å². The lowest BCUT2D eigenvalue weighted by atomic mass is 10.1. The molecule has 1 fully saturated rings. The van der Waals surface area contributed by atoms with E-state index in [0.717, 1.165) is 25.2 Å². The van der Waals surface area contributed by atoms with Crippen LogP contribution >= 0.6 is 0 Å². The Bertz CT molecular complexity index is 1130. The molecule has 4 rings (SSSR count). The predicted octanol–water partition coefficient (Wildman–Crippen LogP) is 3.25. The van der Waals surface area contributed by atoms with Gasteiger partial charge in [0.2, 0.25) is 0 Å². The van der Waals surface area contributed by atoms with Gasteiger partial charge in [0.05, 0.1) is 28.1 Å². The van der Waals surface area contributed by atoms with Gasteiger partial charge in [-0.3, -0.25) is 9.78 Å². The van der Waals surface area contributed by atoms with Crippen molar-refractivity contribution in [3.8, 4) is 0 Å². The lowest BCUT2D eigenvalue weighted by molar-refractivity contribution is 0.100. The van der Waals surface area contributed by atoms with Crippen molar-refractivity contribution in [2.75, 3.05) is 43.4 Å². The largest absolute Gasteiger partial charge is 0.367 e. The number of piperazine rings is 1. The SMILES string of the molecule is CN1CCN(c2cc3c(Nc4ccc(F)cc4F)c(C(N)=O)cnc3cc2F)CC1. The first kappa shape index (κ1) is 20.0. The topological polar surface area (TPSA) is 74.5 Å². The van der Waals surface area contributed by atoms with Crippen LogP contribution in [0.1, 0.15) is 10.4 Å². The number of hydrogen-bond acceptors (Lipinski definition) is 5. The molecular formula is C21H20F3N5O. The van der Waals surface area contributed by atoms with Crippen LogP contribution in [0, 0.1) is 17.5 Å². The summed E-state index contributed by atoms with van der Waals surface area (Å²) in [6.07, 6.45) is 1.21. The highest BCUT2D eigenvalue weighted by molar-refractivity contribution is 6.08. The molecule has 2 aromatic carbocycles. The predicted molar refractivity (Wildman–Crippen MR) is 110 cm³/mol. The number of pyridine rings is 1. The summed E-state index contributed by atoms with van der Waals surface area (Å²) in [6, 6.07) is 5.89. The molecule has 0 atom stereocenters. The van der Waals surface area contributed by atoms with Gasteiger partial charge in [-0.15, -0.1) is 0 Å². The van der Waals surface area contributed by atoms with Crippen molar-refractivity contribution in [1.29, 1.82) is 0 Å². The van der Waals surface area contributed by atoms with Gasteiger partial charge in [0.1, 0.15) is 17.5 Å². The average Bonchev–Trinajstić information content (AvgIpc) is 2.70. The minimum absolute atomic E-state index is 0.0159. The first-order valence-electron chi connectivity index (χ1n) is 9.41. The summed E-state index contributed by atoms with van der Waals surface area (Å²) in [6.45, 7) is 2.83. The Kier molecular flexibility index (Phi) is 5.21. The van der Waals surface area contributed by atoms with Gasteiger partial charge in [-0.25, -0.2) is 13.2 Å². The Labute approximate surface area is 171 Å². The molecule has 9 heteroatoms. The molecule has 0 radical (unpaired) electrons. The molecule has 3 aromatic rings. The highest BCUT2D eigenvalue weighted by Gasteiger charge is 2.21. The van der Waals surface area contributed by atoms with Crippen LogP contribution in [0.2, 0.25) is 0 Å². The summed E-state index contributed by atoms with van der Waals surface area (Å²) in [7, 11) is 2.00. The second kappa shape index (κ2) is 7.83. The molecule has 0 saturated carbocycles. The monoisotopic (exact) mass is 415 g/mol. The van der Waals surface area contributed by atoms with E-state index >= 15 is 0 Å². The zero-order valence-electron chi connectivity index (χ0n) is 16.3. The Balaban J connectivity index is 1.86. The summed E-state index contributed by atoms with van der Waals surface area (Å²) in [5, 5.41) is 3.23. The van der Waals surface area contributed by atoms with Gasteiger partial charge in [0, 0.05) is 49.9 Å². The number of aromatic nitrogens is 1. The fourth-order valence-corrected chi connectivity index (χ4v) is 3.54. The van der Waals surface area contributed by atoms with Crippen LogP contribution in [-0.4, -0.2) is 49.0 Å². The van der Waals surface area contributed by atoms with E-state index < -0.39 is 23.4 Å². The number of primary amides is 1. The minimum atomic E-state index is -0.836. The van der Waals surface area contributed by atoms with E-state index in [-0.39, 0.29) is 22.5 Å². The molecular weight excluding hydrogens is 395 g/mol. The quantitative estimate of drug-likeness (QED) is 0.684. The Morgan fingerprint density at radius 2 is 1.80 bits per heavy atom. The maximum Gasteiger partial charge on any atom is 0.252 e. The van der Waals surface area contributed by atoms with Gasteiger partial charge < -0.3 is 20.9 Å². The van der Waals surface area contributed by atoms with Crippen molar-refractivity contribution >= 4 is 33.9 Å². The molecule has 0 aliphatic carbocycles. The number of benzene rings is 2. The first-order chi connectivity index (χ1) is 14.3. The minimum Gasteiger partial charge on any atom is -0.367 e. The van der Waals surface area contributed by atoms with Crippen LogP contribution < -0.4 is 16.0 Å². The molecule has 1 saturated heterocycles. The van der Waals surface area contributed by atoms with Gasteiger partial charge in [-0.2, -0.15) is 0 Å². The summed E-state index contributed by atoms with van der Waals surface area (Å²) in [5.74, 6) is -2.78. The molecule has 1 aromatic heterocycles. The molecule has 3 N–H and O–H groups in total.